The topological polar surface area (TPSA) is 60.4 Å². The van der Waals surface area contributed by atoms with Crippen LogP contribution >= 0.6 is 0 Å². The van der Waals surface area contributed by atoms with E-state index in [0.29, 0.717) is 6.42 Å². The number of aldehydes is 1. The van der Waals surface area contributed by atoms with Crippen LogP contribution in [0.2, 0.25) is 0 Å². The molecule has 1 atom stereocenters. The molecule has 0 fully saturated rings. The van der Waals surface area contributed by atoms with E-state index in [9.17, 15) is 13.2 Å². The minimum absolute atomic E-state index is 0.0690. The second-order valence-corrected chi connectivity index (χ2v) is 6.07. The Morgan fingerprint density at radius 1 is 1.36 bits per heavy atom. The number of carbonyl (C=O) groups excluding carboxylic acids is 1. The maximum atomic E-state index is 10.7. The molecular formula is C9H18O4S. The number of rotatable bonds is 5. The van der Waals surface area contributed by atoms with Gasteiger partial charge in [-0.1, -0.05) is 20.8 Å². The second-order valence-electron chi connectivity index (χ2n) is 4.42. The molecule has 0 aliphatic carbocycles. The van der Waals surface area contributed by atoms with Crippen molar-refractivity contribution in [2.75, 3.05) is 12.9 Å². The Balaban J connectivity index is 4.05. The fourth-order valence-corrected chi connectivity index (χ4v) is 1.43. The van der Waals surface area contributed by atoms with Crippen LogP contribution in [0.1, 0.15) is 27.2 Å². The molecule has 0 radical (unpaired) electrons. The van der Waals surface area contributed by atoms with Crippen LogP contribution < -0.4 is 0 Å². The lowest BCUT2D eigenvalue weighted by Crippen LogP contribution is -2.23. The molecule has 0 amide bonds. The van der Waals surface area contributed by atoms with Crippen LogP contribution in [0.5, 0.6) is 0 Å². The third-order valence-electron chi connectivity index (χ3n) is 2.00. The summed E-state index contributed by atoms with van der Waals surface area (Å²) in [7, 11) is -3.39. The van der Waals surface area contributed by atoms with Gasteiger partial charge in [-0.2, -0.15) is 8.42 Å². The van der Waals surface area contributed by atoms with Gasteiger partial charge in [0.1, 0.15) is 6.29 Å². The average molecular weight is 222 g/mol. The van der Waals surface area contributed by atoms with Crippen molar-refractivity contribution in [3.8, 4) is 0 Å². The van der Waals surface area contributed by atoms with Gasteiger partial charge in [0.2, 0.25) is 0 Å². The number of hydrogen-bond donors (Lipinski definition) is 0. The predicted molar refractivity (Wildman–Crippen MR) is 54.4 cm³/mol. The quantitative estimate of drug-likeness (QED) is 0.518. The first-order valence-electron chi connectivity index (χ1n) is 4.46. The molecule has 0 aromatic carbocycles. The van der Waals surface area contributed by atoms with Crippen LogP contribution in [0, 0.1) is 11.3 Å². The molecule has 0 saturated heterocycles. The average Bonchev–Trinajstić information content (AvgIpc) is 1.93. The zero-order chi connectivity index (χ0) is 11.4. The van der Waals surface area contributed by atoms with Crippen molar-refractivity contribution in [2.24, 2.45) is 11.3 Å². The van der Waals surface area contributed by atoms with Gasteiger partial charge in [-0.3, -0.25) is 4.18 Å². The van der Waals surface area contributed by atoms with E-state index in [4.69, 9.17) is 0 Å². The Labute approximate surface area is 85.8 Å². The van der Waals surface area contributed by atoms with E-state index in [1.54, 1.807) is 0 Å². The summed E-state index contributed by atoms with van der Waals surface area (Å²) in [5.41, 5.74) is -0.150. The molecule has 0 spiro atoms. The third kappa shape index (κ3) is 6.10. The molecule has 5 heteroatoms. The Morgan fingerprint density at radius 2 is 1.86 bits per heavy atom. The molecule has 4 nitrogen and oxygen atoms in total. The highest BCUT2D eigenvalue weighted by atomic mass is 32.2. The van der Waals surface area contributed by atoms with Crippen LogP contribution in [0.4, 0.5) is 0 Å². The lowest BCUT2D eigenvalue weighted by molar-refractivity contribution is -0.114. The summed E-state index contributed by atoms with van der Waals surface area (Å²) in [4.78, 5) is 10.7. The molecule has 0 aliphatic heterocycles. The van der Waals surface area contributed by atoms with Gasteiger partial charge >= 0.3 is 0 Å². The van der Waals surface area contributed by atoms with E-state index in [0.717, 1.165) is 12.5 Å². The van der Waals surface area contributed by atoms with Crippen LogP contribution in [0.15, 0.2) is 0 Å². The van der Waals surface area contributed by atoms with Gasteiger partial charge in [0.15, 0.2) is 0 Å². The summed E-state index contributed by atoms with van der Waals surface area (Å²) >= 11 is 0. The van der Waals surface area contributed by atoms with E-state index in [-0.39, 0.29) is 17.9 Å². The predicted octanol–water partition coefficient (Wildman–Crippen LogP) is 1.21. The highest BCUT2D eigenvalue weighted by Crippen LogP contribution is 2.26. The summed E-state index contributed by atoms with van der Waals surface area (Å²) in [6.07, 6.45) is 2.28. The van der Waals surface area contributed by atoms with Gasteiger partial charge in [-0.25, -0.2) is 0 Å². The molecule has 14 heavy (non-hydrogen) atoms. The monoisotopic (exact) mass is 222 g/mol. The lowest BCUT2D eigenvalue weighted by Gasteiger charge is -2.25. The van der Waals surface area contributed by atoms with E-state index in [1.807, 2.05) is 20.8 Å². The molecule has 0 unspecified atom stereocenters. The Kier molecular flexibility index (Phi) is 4.74. The van der Waals surface area contributed by atoms with E-state index < -0.39 is 10.1 Å². The van der Waals surface area contributed by atoms with Crippen molar-refractivity contribution < 1.29 is 17.4 Å². The fourth-order valence-electron chi connectivity index (χ4n) is 1.03. The molecular weight excluding hydrogens is 204 g/mol. The van der Waals surface area contributed by atoms with Crippen molar-refractivity contribution in [1.82, 2.24) is 0 Å². The lowest BCUT2D eigenvalue weighted by atomic mass is 9.80. The molecule has 84 valence electrons. The fraction of sp³-hybridized carbons (Fsp3) is 0.889. The van der Waals surface area contributed by atoms with Crippen LogP contribution in [0.25, 0.3) is 0 Å². The summed E-state index contributed by atoms with van der Waals surface area (Å²) in [5, 5.41) is 0. The maximum Gasteiger partial charge on any atom is 0.264 e. The highest BCUT2D eigenvalue weighted by molar-refractivity contribution is 7.85. The van der Waals surface area contributed by atoms with Crippen LogP contribution in [-0.2, 0) is 19.1 Å². The van der Waals surface area contributed by atoms with Gasteiger partial charge in [0.25, 0.3) is 10.1 Å². The molecule has 0 N–H and O–H groups in total. The molecule has 0 aromatic rings. The van der Waals surface area contributed by atoms with Crippen LogP contribution in [0.3, 0.4) is 0 Å². The first-order chi connectivity index (χ1) is 6.17. The molecule has 0 rings (SSSR count). The molecule has 0 aliphatic rings. The summed E-state index contributed by atoms with van der Waals surface area (Å²) in [6, 6.07) is 0. The zero-order valence-corrected chi connectivity index (χ0v) is 9.93. The van der Waals surface area contributed by atoms with Crippen molar-refractivity contribution in [2.45, 2.75) is 27.2 Å². The van der Waals surface area contributed by atoms with Gasteiger partial charge in [-0.15, -0.1) is 0 Å². The first kappa shape index (κ1) is 13.6. The second kappa shape index (κ2) is 4.89. The minimum Gasteiger partial charge on any atom is -0.303 e. The third-order valence-corrected chi connectivity index (χ3v) is 2.60. The molecule has 0 aromatic heterocycles. The van der Waals surface area contributed by atoms with Gasteiger partial charge in [-0.05, 0) is 11.8 Å². The Hall–Kier alpha value is -0.420. The van der Waals surface area contributed by atoms with Crippen molar-refractivity contribution in [3.63, 3.8) is 0 Å². The smallest absolute Gasteiger partial charge is 0.264 e. The Morgan fingerprint density at radius 3 is 2.14 bits per heavy atom. The highest BCUT2D eigenvalue weighted by Gasteiger charge is 2.24. The van der Waals surface area contributed by atoms with E-state index >= 15 is 0 Å². The number of hydrogen-bond acceptors (Lipinski definition) is 4. The molecule has 0 heterocycles. The zero-order valence-electron chi connectivity index (χ0n) is 9.11. The van der Waals surface area contributed by atoms with E-state index in [1.165, 1.54) is 0 Å². The van der Waals surface area contributed by atoms with E-state index in [2.05, 4.69) is 4.18 Å². The van der Waals surface area contributed by atoms with Crippen molar-refractivity contribution in [3.05, 3.63) is 0 Å². The SMILES string of the molecule is CC(C)(C)[C@H](C=O)CCOS(C)(=O)=O. The van der Waals surface area contributed by atoms with Gasteiger partial charge in [0, 0.05) is 5.92 Å². The minimum atomic E-state index is -3.39. The number of carbonyl (C=O) groups is 1. The largest absolute Gasteiger partial charge is 0.303 e. The summed E-state index contributed by atoms with van der Waals surface area (Å²) < 4.78 is 25.9. The summed E-state index contributed by atoms with van der Waals surface area (Å²) in [5.74, 6) is -0.177. The summed E-state index contributed by atoms with van der Waals surface area (Å²) in [6.45, 7) is 5.88. The standard InChI is InChI=1S/C9H18O4S/c1-9(2,3)8(7-10)5-6-13-14(4,11)12/h7-8H,5-6H2,1-4H3/t8-/m0/s1. The van der Waals surface area contributed by atoms with Gasteiger partial charge in [0.05, 0.1) is 12.9 Å². The maximum absolute atomic E-state index is 10.7. The first-order valence-corrected chi connectivity index (χ1v) is 6.28. The normalized spacial score (nSPS) is 15.1. The Bertz CT molecular complexity index is 274. The van der Waals surface area contributed by atoms with Crippen LogP contribution in [-0.4, -0.2) is 27.6 Å². The van der Waals surface area contributed by atoms with Gasteiger partial charge < -0.3 is 4.79 Å². The van der Waals surface area contributed by atoms with Crippen molar-refractivity contribution in [1.29, 1.82) is 0 Å². The molecule has 0 saturated carbocycles. The molecule has 0 bridgehead atoms. The van der Waals surface area contributed by atoms with Crippen molar-refractivity contribution >= 4 is 16.4 Å².